The number of likely N-dealkylation sites (tertiary alicyclic amines) is 1. The van der Waals surface area contributed by atoms with Crippen LogP contribution in [-0.2, 0) is 11.3 Å². The van der Waals surface area contributed by atoms with Gasteiger partial charge in [-0.15, -0.1) is 0 Å². The first-order valence-electron chi connectivity index (χ1n) is 5.80. The molecular formula is C13H16BrNO2. The first-order valence-corrected chi connectivity index (χ1v) is 6.59. The fraction of sp³-hybridized carbons (Fsp3) is 0.462. The molecule has 0 bridgehead atoms. The van der Waals surface area contributed by atoms with Crippen molar-refractivity contribution in [3.63, 3.8) is 0 Å². The van der Waals surface area contributed by atoms with Crippen molar-refractivity contribution in [2.24, 2.45) is 0 Å². The van der Waals surface area contributed by atoms with Crippen LogP contribution in [0.5, 0.6) is 0 Å². The Balaban J connectivity index is 2.22. The maximum atomic E-state index is 11.7. The van der Waals surface area contributed by atoms with Crippen molar-refractivity contribution in [3.05, 3.63) is 33.8 Å². The van der Waals surface area contributed by atoms with E-state index in [1.807, 2.05) is 18.2 Å². The molecule has 0 unspecified atom stereocenters. The lowest BCUT2D eigenvalue weighted by atomic mass is 10.1. The van der Waals surface area contributed by atoms with Gasteiger partial charge in [-0.25, -0.2) is 4.79 Å². The van der Waals surface area contributed by atoms with Gasteiger partial charge in [0, 0.05) is 11.0 Å². The molecule has 0 radical (unpaired) electrons. The Morgan fingerprint density at radius 3 is 2.76 bits per heavy atom. The third-order valence-electron chi connectivity index (χ3n) is 3.07. The zero-order valence-electron chi connectivity index (χ0n) is 9.91. The number of methoxy groups -OCH3 is 1. The van der Waals surface area contributed by atoms with Crippen molar-refractivity contribution in [3.8, 4) is 0 Å². The Hall–Kier alpha value is -0.870. The number of benzene rings is 1. The van der Waals surface area contributed by atoms with Crippen LogP contribution in [0.3, 0.4) is 0 Å². The SMILES string of the molecule is COC(=O)c1ccc(Br)cc1CN1CCCC1. The number of rotatable bonds is 3. The van der Waals surface area contributed by atoms with Gasteiger partial charge in [-0.05, 0) is 49.7 Å². The second-order valence-corrected chi connectivity index (χ2v) is 5.19. The molecule has 0 atom stereocenters. The minimum atomic E-state index is -0.258. The van der Waals surface area contributed by atoms with Gasteiger partial charge in [0.2, 0.25) is 0 Å². The highest BCUT2D eigenvalue weighted by Crippen LogP contribution is 2.21. The first kappa shape index (κ1) is 12.6. The number of carbonyl (C=O) groups excluding carboxylic acids is 1. The highest BCUT2D eigenvalue weighted by molar-refractivity contribution is 9.10. The molecule has 1 aromatic carbocycles. The van der Waals surface area contributed by atoms with E-state index in [4.69, 9.17) is 4.74 Å². The van der Waals surface area contributed by atoms with Gasteiger partial charge in [-0.2, -0.15) is 0 Å². The van der Waals surface area contributed by atoms with Crippen LogP contribution in [0.4, 0.5) is 0 Å². The molecule has 0 N–H and O–H groups in total. The average Bonchev–Trinajstić information content (AvgIpc) is 2.81. The molecule has 4 heteroatoms. The summed E-state index contributed by atoms with van der Waals surface area (Å²) < 4.78 is 5.81. The highest BCUT2D eigenvalue weighted by atomic mass is 79.9. The molecule has 1 heterocycles. The van der Waals surface area contributed by atoms with Crippen LogP contribution in [0.1, 0.15) is 28.8 Å². The Labute approximate surface area is 110 Å². The molecule has 0 amide bonds. The fourth-order valence-corrected chi connectivity index (χ4v) is 2.59. The second-order valence-electron chi connectivity index (χ2n) is 4.28. The Kier molecular flexibility index (Phi) is 4.18. The summed E-state index contributed by atoms with van der Waals surface area (Å²) in [6.45, 7) is 3.06. The van der Waals surface area contributed by atoms with Gasteiger partial charge in [0.25, 0.3) is 0 Å². The number of esters is 1. The predicted octanol–water partition coefficient (Wildman–Crippen LogP) is 2.83. The first-order chi connectivity index (χ1) is 8.20. The van der Waals surface area contributed by atoms with Crippen molar-refractivity contribution in [1.82, 2.24) is 4.90 Å². The van der Waals surface area contributed by atoms with E-state index in [0.29, 0.717) is 5.56 Å². The number of carbonyl (C=O) groups is 1. The standard InChI is InChI=1S/C13H16BrNO2/c1-17-13(16)12-5-4-11(14)8-10(12)9-15-6-2-3-7-15/h4-5,8H,2-3,6-7,9H2,1H3. The van der Waals surface area contributed by atoms with E-state index < -0.39 is 0 Å². The minimum absolute atomic E-state index is 0.258. The maximum absolute atomic E-state index is 11.7. The molecule has 1 fully saturated rings. The maximum Gasteiger partial charge on any atom is 0.338 e. The number of ether oxygens (including phenoxy) is 1. The monoisotopic (exact) mass is 297 g/mol. The molecule has 2 rings (SSSR count). The van der Waals surface area contributed by atoms with E-state index in [2.05, 4.69) is 20.8 Å². The molecule has 0 aromatic heterocycles. The van der Waals surface area contributed by atoms with Crippen LogP contribution < -0.4 is 0 Å². The fourth-order valence-electron chi connectivity index (χ4n) is 2.18. The molecule has 1 aliphatic rings. The van der Waals surface area contributed by atoms with Crippen LogP contribution in [0, 0.1) is 0 Å². The van der Waals surface area contributed by atoms with Gasteiger partial charge in [-0.1, -0.05) is 15.9 Å². The van der Waals surface area contributed by atoms with E-state index in [-0.39, 0.29) is 5.97 Å². The summed E-state index contributed by atoms with van der Waals surface area (Å²) in [5.41, 5.74) is 1.70. The van der Waals surface area contributed by atoms with Gasteiger partial charge < -0.3 is 4.74 Å². The third-order valence-corrected chi connectivity index (χ3v) is 3.56. The summed E-state index contributed by atoms with van der Waals surface area (Å²) in [5.74, 6) is -0.258. The van der Waals surface area contributed by atoms with Crippen LogP contribution in [0.25, 0.3) is 0 Å². The van der Waals surface area contributed by atoms with Crippen LogP contribution in [-0.4, -0.2) is 31.1 Å². The van der Waals surface area contributed by atoms with Gasteiger partial charge in [-0.3, -0.25) is 4.90 Å². The molecule has 0 aliphatic carbocycles. The number of nitrogens with zero attached hydrogens (tertiary/aromatic N) is 1. The number of halogens is 1. The van der Waals surface area contributed by atoms with Crippen molar-refractivity contribution < 1.29 is 9.53 Å². The summed E-state index contributed by atoms with van der Waals surface area (Å²) >= 11 is 3.45. The summed E-state index contributed by atoms with van der Waals surface area (Å²) in [5, 5.41) is 0. The number of hydrogen-bond acceptors (Lipinski definition) is 3. The van der Waals surface area contributed by atoms with Crippen molar-refractivity contribution in [2.75, 3.05) is 20.2 Å². The second kappa shape index (κ2) is 5.65. The molecule has 1 aliphatic heterocycles. The van der Waals surface area contributed by atoms with Crippen molar-refractivity contribution in [2.45, 2.75) is 19.4 Å². The molecule has 1 aromatic rings. The molecule has 3 nitrogen and oxygen atoms in total. The Morgan fingerprint density at radius 2 is 2.12 bits per heavy atom. The van der Waals surface area contributed by atoms with Gasteiger partial charge in [0.1, 0.15) is 0 Å². The lowest BCUT2D eigenvalue weighted by Crippen LogP contribution is -2.20. The lowest BCUT2D eigenvalue weighted by Gasteiger charge is -2.16. The van der Waals surface area contributed by atoms with Crippen LogP contribution >= 0.6 is 15.9 Å². The third kappa shape index (κ3) is 3.07. The van der Waals surface area contributed by atoms with E-state index >= 15 is 0 Å². The predicted molar refractivity (Wildman–Crippen MR) is 70.0 cm³/mol. The topological polar surface area (TPSA) is 29.5 Å². The van der Waals surface area contributed by atoms with Crippen LogP contribution in [0.2, 0.25) is 0 Å². The van der Waals surface area contributed by atoms with E-state index in [1.165, 1.54) is 20.0 Å². The molecular weight excluding hydrogens is 282 g/mol. The average molecular weight is 298 g/mol. The summed E-state index contributed by atoms with van der Waals surface area (Å²) in [4.78, 5) is 14.0. The van der Waals surface area contributed by atoms with Crippen LogP contribution in [0.15, 0.2) is 22.7 Å². The summed E-state index contributed by atoms with van der Waals surface area (Å²) in [7, 11) is 1.42. The van der Waals surface area contributed by atoms with Gasteiger partial charge in [0.05, 0.1) is 12.7 Å². The van der Waals surface area contributed by atoms with E-state index in [9.17, 15) is 4.79 Å². The largest absolute Gasteiger partial charge is 0.465 e. The van der Waals surface area contributed by atoms with Gasteiger partial charge in [0.15, 0.2) is 0 Å². The quantitative estimate of drug-likeness (QED) is 0.804. The molecule has 92 valence electrons. The zero-order chi connectivity index (χ0) is 12.3. The summed E-state index contributed by atoms with van der Waals surface area (Å²) in [6.07, 6.45) is 2.50. The van der Waals surface area contributed by atoms with E-state index in [0.717, 1.165) is 29.7 Å². The smallest absolute Gasteiger partial charge is 0.338 e. The molecule has 0 spiro atoms. The van der Waals surface area contributed by atoms with E-state index in [1.54, 1.807) is 0 Å². The van der Waals surface area contributed by atoms with Crippen molar-refractivity contribution >= 4 is 21.9 Å². The lowest BCUT2D eigenvalue weighted by molar-refractivity contribution is 0.0598. The van der Waals surface area contributed by atoms with Gasteiger partial charge >= 0.3 is 5.97 Å². The minimum Gasteiger partial charge on any atom is -0.465 e. The van der Waals surface area contributed by atoms with Crippen molar-refractivity contribution in [1.29, 1.82) is 0 Å². The summed E-state index contributed by atoms with van der Waals surface area (Å²) in [6, 6.07) is 5.70. The molecule has 17 heavy (non-hydrogen) atoms. The Morgan fingerprint density at radius 1 is 1.41 bits per heavy atom. The number of hydrogen-bond donors (Lipinski definition) is 0. The molecule has 0 saturated carbocycles. The Bertz CT molecular complexity index is 414. The zero-order valence-corrected chi connectivity index (χ0v) is 11.5. The normalized spacial score (nSPS) is 16.1. The highest BCUT2D eigenvalue weighted by Gasteiger charge is 2.17. The molecule has 1 saturated heterocycles.